The highest BCUT2D eigenvalue weighted by Gasteiger charge is 2.12. The lowest BCUT2D eigenvalue weighted by molar-refractivity contribution is -0.119. The minimum Gasteiger partial charge on any atom is -0.327 e. The van der Waals surface area contributed by atoms with Crippen LogP contribution in [0.5, 0.6) is 0 Å². The van der Waals surface area contributed by atoms with E-state index in [2.05, 4.69) is 4.98 Å². The summed E-state index contributed by atoms with van der Waals surface area (Å²) in [6, 6.07) is 6.38. The Morgan fingerprint density at radius 1 is 1.37 bits per heavy atom. The van der Waals surface area contributed by atoms with E-state index in [1.54, 1.807) is 30.6 Å². The first-order valence-electron chi connectivity index (χ1n) is 6.34. The summed E-state index contributed by atoms with van der Waals surface area (Å²) < 4.78 is 15.3. The molecule has 1 aromatic heterocycles. The maximum absolute atomic E-state index is 13.5. The molecule has 0 aliphatic rings. The quantitative estimate of drug-likeness (QED) is 0.828. The van der Waals surface area contributed by atoms with E-state index < -0.39 is 0 Å². The normalized spacial score (nSPS) is 10.9. The molecular formula is C15H17FN2O. The van der Waals surface area contributed by atoms with Crippen LogP contribution in [0.2, 0.25) is 0 Å². The Morgan fingerprint density at radius 2 is 2.11 bits per heavy atom. The summed E-state index contributed by atoms with van der Waals surface area (Å²) in [4.78, 5) is 16.2. The largest absolute Gasteiger partial charge is 0.327 e. The van der Waals surface area contributed by atoms with Crippen LogP contribution < -0.4 is 0 Å². The van der Waals surface area contributed by atoms with E-state index >= 15 is 0 Å². The highest BCUT2D eigenvalue weighted by atomic mass is 19.1. The number of aromatic nitrogens is 2. The van der Waals surface area contributed by atoms with Gasteiger partial charge in [-0.2, -0.15) is 0 Å². The standard InChI is InChI=1S/C15H17FN2O/c1-11(2)15-17-7-8-18(15)10-13(19)9-12-5-3-4-6-14(12)16/h3-8,11H,9-10H2,1-2H3. The zero-order valence-electron chi connectivity index (χ0n) is 11.1. The molecule has 0 N–H and O–H groups in total. The molecular weight excluding hydrogens is 243 g/mol. The second-order valence-corrected chi connectivity index (χ2v) is 4.87. The van der Waals surface area contributed by atoms with Crippen LogP contribution >= 0.6 is 0 Å². The van der Waals surface area contributed by atoms with Crippen molar-refractivity contribution in [3.63, 3.8) is 0 Å². The number of benzene rings is 1. The summed E-state index contributed by atoms with van der Waals surface area (Å²) in [7, 11) is 0. The van der Waals surface area contributed by atoms with Gasteiger partial charge in [0.25, 0.3) is 0 Å². The van der Waals surface area contributed by atoms with Gasteiger partial charge in [-0.3, -0.25) is 4.79 Å². The first-order valence-corrected chi connectivity index (χ1v) is 6.34. The lowest BCUT2D eigenvalue weighted by Crippen LogP contribution is -2.15. The maximum Gasteiger partial charge on any atom is 0.157 e. The highest BCUT2D eigenvalue weighted by molar-refractivity contribution is 5.80. The number of rotatable bonds is 5. The fourth-order valence-electron chi connectivity index (χ4n) is 2.06. The van der Waals surface area contributed by atoms with E-state index in [0.29, 0.717) is 5.56 Å². The topological polar surface area (TPSA) is 34.9 Å². The summed E-state index contributed by atoms with van der Waals surface area (Å²) >= 11 is 0. The summed E-state index contributed by atoms with van der Waals surface area (Å²) in [6.45, 7) is 4.29. The van der Waals surface area contributed by atoms with Crippen molar-refractivity contribution in [2.24, 2.45) is 0 Å². The SMILES string of the molecule is CC(C)c1nccn1CC(=O)Cc1ccccc1F. The number of imidazole rings is 1. The van der Waals surface area contributed by atoms with Crippen LogP contribution in [-0.2, 0) is 17.8 Å². The van der Waals surface area contributed by atoms with Crippen LogP contribution in [0.3, 0.4) is 0 Å². The van der Waals surface area contributed by atoms with Crippen molar-refractivity contribution in [1.82, 2.24) is 9.55 Å². The van der Waals surface area contributed by atoms with Gasteiger partial charge in [-0.05, 0) is 11.6 Å². The molecule has 0 radical (unpaired) electrons. The molecule has 0 saturated heterocycles. The zero-order chi connectivity index (χ0) is 13.8. The van der Waals surface area contributed by atoms with E-state index in [0.717, 1.165) is 5.82 Å². The molecule has 0 fully saturated rings. The Hall–Kier alpha value is -1.97. The summed E-state index contributed by atoms with van der Waals surface area (Å²) in [5.74, 6) is 0.786. The number of halogens is 1. The number of carbonyl (C=O) groups excluding carboxylic acids is 1. The predicted molar refractivity (Wildman–Crippen MR) is 71.4 cm³/mol. The third kappa shape index (κ3) is 3.28. The lowest BCUT2D eigenvalue weighted by atomic mass is 10.1. The van der Waals surface area contributed by atoms with Crippen molar-refractivity contribution in [3.8, 4) is 0 Å². The molecule has 1 aromatic carbocycles. The minimum atomic E-state index is -0.328. The Balaban J connectivity index is 2.06. The van der Waals surface area contributed by atoms with Gasteiger partial charge in [0, 0.05) is 24.7 Å². The number of carbonyl (C=O) groups is 1. The number of ketones is 1. The zero-order valence-corrected chi connectivity index (χ0v) is 11.1. The predicted octanol–water partition coefficient (Wildman–Crippen LogP) is 2.96. The van der Waals surface area contributed by atoms with Gasteiger partial charge in [0.15, 0.2) is 5.78 Å². The number of hydrogen-bond donors (Lipinski definition) is 0. The van der Waals surface area contributed by atoms with E-state index in [9.17, 15) is 9.18 Å². The van der Waals surface area contributed by atoms with Gasteiger partial charge in [0.1, 0.15) is 11.6 Å². The van der Waals surface area contributed by atoms with Crippen LogP contribution in [-0.4, -0.2) is 15.3 Å². The number of Topliss-reactive ketones (excluding diaryl/α,β-unsaturated/α-hetero) is 1. The lowest BCUT2D eigenvalue weighted by Gasteiger charge is -2.09. The van der Waals surface area contributed by atoms with E-state index in [1.165, 1.54) is 6.07 Å². The second-order valence-electron chi connectivity index (χ2n) is 4.87. The molecule has 2 aromatic rings. The second kappa shape index (κ2) is 5.78. The molecule has 0 aliphatic carbocycles. The fourth-order valence-corrected chi connectivity index (χ4v) is 2.06. The first-order chi connectivity index (χ1) is 9.08. The van der Waals surface area contributed by atoms with Crippen LogP contribution in [0.1, 0.15) is 31.2 Å². The van der Waals surface area contributed by atoms with Crippen molar-refractivity contribution in [1.29, 1.82) is 0 Å². The summed E-state index contributed by atoms with van der Waals surface area (Å²) in [5.41, 5.74) is 0.443. The number of hydrogen-bond acceptors (Lipinski definition) is 2. The number of nitrogens with zero attached hydrogens (tertiary/aromatic N) is 2. The molecule has 0 aliphatic heterocycles. The Bertz CT molecular complexity index is 575. The van der Waals surface area contributed by atoms with Crippen molar-refractivity contribution in [3.05, 3.63) is 53.9 Å². The molecule has 1 heterocycles. The maximum atomic E-state index is 13.5. The van der Waals surface area contributed by atoms with Gasteiger partial charge in [-0.1, -0.05) is 32.0 Å². The monoisotopic (exact) mass is 260 g/mol. The molecule has 100 valence electrons. The summed E-state index contributed by atoms with van der Waals surface area (Å²) in [5, 5.41) is 0. The fraction of sp³-hybridized carbons (Fsp3) is 0.333. The van der Waals surface area contributed by atoms with Crippen molar-refractivity contribution < 1.29 is 9.18 Å². The Labute approximate surface area is 112 Å². The third-order valence-corrected chi connectivity index (χ3v) is 2.96. The van der Waals surface area contributed by atoms with Gasteiger partial charge in [-0.25, -0.2) is 9.37 Å². The molecule has 19 heavy (non-hydrogen) atoms. The molecule has 3 nitrogen and oxygen atoms in total. The Kier molecular flexibility index (Phi) is 4.10. The molecule has 0 bridgehead atoms. The Morgan fingerprint density at radius 3 is 2.79 bits per heavy atom. The van der Waals surface area contributed by atoms with Gasteiger partial charge in [-0.15, -0.1) is 0 Å². The molecule has 2 rings (SSSR count). The molecule has 0 saturated carbocycles. The molecule has 0 amide bonds. The van der Waals surface area contributed by atoms with Crippen molar-refractivity contribution >= 4 is 5.78 Å². The van der Waals surface area contributed by atoms with Crippen LogP contribution in [0, 0.1) is 5.82 Å². The van der Waals surface area contributed by atoms with E-state index in [-0.39, 0.29) is 30.5 Å². The van der Waals surface area contributed by atoms with Crippen molar-refractivity contribution in [2.45, 2.75) is 32.7 Å². The third-order valence-electron chi connectivity index (χ3n) is 2.96. The van der Waals surface area contributed by atoms with Crippen LogP contribution in [0.4, 0.5) is 4.39 Å². The smallest absolute Gasteiger partial charge is 0.157 e. The summed E-state index contributed by atoms with van der Waals surface area (Å²) in [6.07, 6.45) is 3.59. The molecule has 0 unspecified atom stereocenters. The molecule has 4 heteroatoms. The van der Waals surface area contributed by atoms with Crippen molar-refractivity contribution in [2.75, 3.05) is 0 Å². The molecule has 0 atom stereocenters. The average molecular weight is 260 g/mol. The van der Waals surface area contributed by atoms with Gasteiger partial charge in [0.05, 0.1) is 6.54 Å². The van der Waals surface area contributed by atoms with Gasteiger partial charge < -0.3 is 4.57 Å². The van der Waals surface area contributed by atoms with E-state index in [4.69, 9.17) is 0 Å². The van der Waals surface area contributed by atoms with Crippen LogP contribution in [0.15, 0.2) is 36.7 Å². The van der Waals surface area contributed by atoms with E-state index in [1.807, 2.05) is 18.4 Å². The first kappa shape index (κ1) is 13.5. The molecule has 0 spiro atoms. The minimum absolute atomic E-state index is 0.0231. The van der Waals surface area contributed by atoms with Gasteiger partial charge >= 0.3 is 0 Å². The highest BCUT2D eigenvalue weighted by Crippen LogP contribution is 2.13. The van der Waals surface area contributed by atoms with Crippen LogP contribution in [0.25, 0.3) is 0 Å². The van der Waals surface area contributed by atoms with Gasteiger partial charge in [0.2, 0.25) is 0 Å². The average Bonchev–Trinajstić information content (AvgIpc) is 2.80.